The van der Waals surface area contributed by atoms with E-state index in [-0.39, 0.29) is 11.5 Å². The molecule has 0 aliphatic heterocycles. The monoisotopic (exact) mass is 292 g/mol. The van der Waals surface area contributed by atoms with Crippen LogP contribution in [0.3, 0.4) is 0 Å². The maximum atomic E-state index is 11.9. The Hall–Kier alpha value is -1.77. The van der Waals surface area contributed by atoms with Gasteiger partial charge in [0.1, 0.15) is 5.75 Å². The number of allylic oxidation sites excluding steroid dienone is 1. The molecule has 19 heavy (non-hydrogen) atoms. The van der Waals surface area contributed by atoms with Crippen LogP contribution in [0.25, 0.3) is 6.08 Å². The molecular formula is C15H10Cl2O2. The van der Waals surface area contributed by atoms with Crippen LogP contribution >= 0.6 is 23.2 Å². The topological polar surface area (TPSA) is 37.3 Å². The summed E-state index contributed by atoms with van der Waals surface area (Å²) in [4.78, 5) is 11.9. The van der Waals surface area contributed by atoms with Gasteiger partial charge in [0.05, 0.1) is 0 Å². The van der Waals surface area contributed by atoms with E-state index in [1.54, 1.807) is 36.4 Å². The molecule has 0 aliphatic rings. The first-order valence-corrected chi connectivity index (χ1v) is 6.28. The molecule has 0 bridgehead atoms. The molecule has 0 saturated carbocycles. The van der Waals surface area contributed by atoms with E-state index in [2.05, 4.69) is 0 Å². The molecule has 0 unspecified atom stereocenters. The normalized spacial score (nSPS) is 10.8. The summed E-state index contributed by atoms with van der Waals surface area (Å²) < 4.78 is 0. The number of halogens is 2. The first kappa shape index (κ1) is 13.7. The second kappa shape index (κ2) is 5.91. The highest BCUT2D eigenvalue weighted by Gasteiger charge is 2.02. The van der Waals surface area contributed by atoms with Crippen molar-refractivity contribution in [3.63, 3.8) is 0 Å². The summed E-state index contributed by atoms with van der Waals surface area (Å²) in [6.45, 7) is 0. The van der Waals surface area contributed by atoms with Gasteiger partial charge in [0.15, 0.2) is 5.78 Å². The van der Waals surface area contributed by atoms with Gasteiger partial charge >= 0.3 is 0 Å². The Morgan fingerprint density at radius 2 is 1.74 bits per heavy atom. The summed E-state index contributed by atoms with van der Waals surface area (Å²) in [7, 11) is 0. The smallest absolute Gasteiger partial charge is 0.185 e. The van der Waals surface area contributed by atoms with Crippen molar-refractivity contribution in [1.29, 1.82) is 0 Å². The highest BCUT2D eigenvalue weighted by Crippen LogP contribution is 2.22. The molecule has 0 spiro atoms. The lowest BCUT2D eigenvalue weighted by atomic mass is 10.1. The Kier molecular flexibility index (Phi) is 4.25. The zero-order chi connectivity index (χ0) is 13.8. The van der Waals surface area contributed by atoms with Gasteiger partial charge in [-0.1, -0.05) is 29.3 Å². The first-order chi connectivity index (χ1) is 9.06. The van der Waals surface area contributed by atoms with Crippen molar-refractivity contribution in [2.24, 2.45) is 0 Å². The number of hydrogen-bond acceptors (Lipinski definition) is 2. The fourth-order valence-corrected chi connectivity index (χ4v) is 2.00. The number of hydrogen-bond donors (Lipinski definition) is 1. The average Bonchev–Trinajstić information content (AvgIpc) is 2.38. The van der Waals surface area contributed by atoms with Gasteiger partial charge in [-0.25, -0.2) is 0 Å². The van der Waals surface area contributed by atoms with Crippen molar-refractivity contribution in [2.75, 3.05) is 0 Å². The molecule has 2 aromatic carbocycles. The van der Waals surface area contributed by atoms with Crippen LogP contribution < -0.4 is 0 Å². The van der Waals surface area contributed by atoms with E-state index in [4.69, 9.17) is 28.3 Å². The summed E-state index contributed by atoms with van der Waals surface area (Å²) in [6.07, 6.45) is 3.06. The average molecular weight is 293 g/mol. The molecule has 0 aromatic heterocycles. The van der Waals surface area contributed by atoms with Gasteiger partial charge in [0, 0.05) is 15.6 Å². The molecule has 96 valence electrons. The van der Waals surface area contributed by atoms with Crippen molar-refractivity contribution in [2.45, 2.75) is 0 Å². The highest BCUT2D eigenvalue weighted by atomic mass is 35.5. The number of carbonyl (C=O) groups is 1. The van der Waals surface area contributed by atoms with Crippen LogP contribution in [0.5, 0.6) is 5.75 Å². The molecule has 0 fully saturated rings. The summed E-state index contributed by atoms with van der Waals surface area (Å²) in [6, 6.07) is 11.1. The number of phenolic OH excluding ortho intramolecular Hbond substituents is 1. The minimum atomic E-state index is -0.161. The maximum absolute atomic E-state index is 11.9. The van der Waals surface area contributed by atoms with Gasteiger partial charge in [0.2, 0.25) is 0 Å². The molecule has 2 nitrogen and oxygen atoms in total. The van der Waals surface area contributed by atoms with Crippen molar-refractivity contribution < 1.29 is 9.90 Å². The van der Waals surface area contributed by atoms with Crippen LogP contribution in [-0.2, 0) is 0 Å². The first-order valence-electron chi connectivity index (χ1n) is 5.53. The van der Waals surface area contributed by atoms with Crippen LogP contribution in [0, 0.1) is 0 Å². The molecule has 0 atom stereocenters. The van der Waals surface area contributed by atoms with E-state index in [1.165, 1.54) is 18.2 Å². The molecule has 2 rings (SSSR count). The minimum absolute atomic E-state index is 0.126. The Balaban J connectivity index is 2.18. The Morgan fingerprint density at radius 3 is 2.37 bits per heavy atom. The van der Waals surface area contributed by atoms with Gasteiger partial charge in [-0.2, -0.15) is 0 Å². The third kappa shape index (κ3) is 3.60. The van der Waals surface area contributed by atoms with Crippen molar-refractivity contribution >= 4 is 35.1 Å². The Morgan fingerprint density at radius 1 is 1.05 bits per heavy atom. The van der Waals surface area contributed by atoms with Crippen LogP contribution in [0.4, 0.5) is 0 Å². The molecule has 0 amide bonds. The second-order valence-corrected chi connectivity index (χ2v) is 4.75. The lowest BCUT2D eigenvalue weighted by Crippen LogP contribution is -1.93. The highest BCUT2D eigenvalue weighted by molar-refractivity contribution is 6.35. The summed E-state index contributed by atoms with van der Waals surface area (Å²) in [5, 5.41) is 10.2. The van der Waals surface area contributed by atoms with E-state index < -0.39 is 0 Å². The standard InChI is InChI=1S/C15H10Cl2O2/c16-12-5-1-10(14(17)9-12)4-8-15(19)11-2-6-13(18)7-3-11/h1-9,18H/b8-4+. The van der Waals surface area contributed by atoms with Crippen molar-refractivity contribution in [3.05, 3.63) is 69.7 Å². The summed E-state index contributed by atoms with van der Waals surface area (Å²) >= 11 is 11.8. The quantitative estimate of drug-likeness (QED) is 0.663. The van der Waals surface area contributed by atoms with Crippen molar-refractivity contribution in [1.82, 2.24) is 0 Å². The molecule has 4 heteroatoms. The van der Waals surface area contributed by atoms with Gasteiger partial charge in [0.25, 0.3) is 0 Å². The molecule has 0 radical (unpaired) electrons. The summed E-state index contributed by atoms with van der Waals surface area (Å²) in [5.74, 6) is -0.0349. The number of carbonyl (C=O) groups excluding carboxylic acids is 1. The fourth-order valence-electron chi connectivity index (χ4n) is 1.52. The van der Waals surface area contributed by atoms with E-state index in [1.807, 2.05) is 0 Å². The number of aromatic hydroxyl groups is 1. The van der Waals surface area contributed by atoms with Crippen LogP contribution in [-0.4, -0.2) is 10.9 Å². The number of ketones is 1. The third-order valence-electron chi connectivity index (χ3n) is 2.53. The minimum Gasteiger partial charge on any atom is -0.508 e. The van der Waals surface area contributed by atoms with Crippen molar-refractivity contribution in [3.8, 4) is 5.75 Å². The van der Waals surface area contributed by atoms with Crippen LogP contribution in [0.15, 0.2) is 48.5 Å². The van der Waals surface area contributed by atoms with Gasteiger partial charge < -0.3 is 5.11 Å². The summed E-state index contributed by atoms with van der Waals surface area (Å²) in [5.41, 5.74) is 1.22. The van der Waals surface area contributed by atoms with Crippen LogP contribution in [0.2, 0.25) is 10.0 Å². The van der Waals surface area contributed by atoms with E-state index in [0.717, 1.165) is 5.56 Å². The molecule has 0 aliphatic carbocycles. The van der Waals surface area contributed by atoms with Gasteiger partial charge in [-0.05, 0) is 54.1 Å². The molecule has 0 heterocycles. The number of rotatable bonds is 3. The lowest BCUT2D eigenvalue weighted by Gasteiger charge is -1.99. The molecular weight excluding hydrogens is 283 g/mol. The maximum Gasteiger partial charge on any atom is 0.185 e. The predicted molar refractivity (Wildman–Crippen MR) is 77.9 cm³/mol. The van der Waals surface area contributed by atoms with Gasteiger partial charge in [-0.15, -0.1) is 0 Å². The van der Waals surface area contributed by atoms with E-state index in [9.17, 15) is 4.79 Å². The molecule has 0 saturated heterocycles. The van der Waals surface area contributed by atoms with Crippen LogP contribution in [0.1, 0.15) is 15.9 Å². The largest absolute Gasteiger partial charge is 0.508 e. The zero-order valence-corrected chi connectivity index (χ0v) is 11.3. The lowest BCUT2D eigenvalue weighted by molar-refractivity contribution is 0.104. The van der Waals surface area contributed by atoms with E-state index >= 15 is 0 Å². The molecule has 2 aromatic rings. The Labute approximate surface area is 120 Å². The zero-order valence-electron chi connectivity index (χ0n) is 9.81. The Bertz CT molecular complexity index is 631. The van der Waals surface area contributed by atoms with E-state index in [0.29, 0.717) is 15.6 Å². The molecule has 1 N–H and O–H groups in total. The SMILES string of the molecule is O=C(/C=C/c1ccc(Cl)cc1Cl)c1ccc(O)cc1. The third-order valence-corrected chi connectivity index (χ3v) is 3.09. The number of benzene rings is 2. The number of phenols is 1. The second-order valence-electron chi connectivity index (χ2n) is 3.91. The van der Waals surface area contributed by atoms with Gasteiger partial charge in [-0.3, -0.25) is 4.79 Å². The predicted octanol–water partition coefficient (Wildman–Crippen LogP) is 4.60. The fraction of sp³-hybridized carbons (Fsp3) is 0.